The second-order valence-electron chi connectivity index (χ2n) is 5.39. The summed E-state index contributed by atoms with van der Waals surface area (Å²) in [5, 5.41) is 11.9. The van der Waals surface area contributed by atoms with Gasteiger partial charge in [-0.2, -0.15) is 0 Å². The highest BCUT2D eigenvalue weighted by Crippen LogP contribution is 2.21. The molecule has 7 nitrogen and oxygen atoms in total. The third kappa shape index (κ3) is 4.07. The first-order chi connectivity index (χ1) is 11.1. The summed E-state index contributed by atoms with van der Waals surface area (Å²) < 4.78 is 1.66. The van der Waals surface area contributed by atoms with Crippen molar-refractivity contribution >= 4 is 41.6 Å². The van der Waals surface area contributed by atoms with Gasteiger partial charge in [0.25, 0.3) is 5.91 Å². The molecule has 0 fully saturated rings. The lowest BCUT2D eigenvalue weighted by Gasteiger charge is -2.10. The summed E-state index contributed by atoms with van der Waals surface area (Å²) in [4.78, 5) is 16.6. The van der Waals surface area contributed by atoms with E-state index in [9.17, 15) is 4.79 Å². The largest absolute Gasteiger partial charge is 0.347 e. The summed E-state index contributed by atoms with van der Waals surface area (Å²) in [5.41, 5.74) is 8.20. The number of hydrogen-bond donors (Lipinski definition) is 2. The van der Waals surface area contributed by atoms with Gasteiger partial charge in [0.15, 0.2) is 5.69 Å². The van der Waals surface area contributed by atoms with E-state index >= 15 is 0 Å². The molecule has 0 aliphatic rings. The Morgan fingerprint density at radius 1 is 1.28 bits per heavy atom. The molecule has 0 radical (unpaired) electrons. The Labute approximate surface area is 157 Å². The van der Waals surface area contributed by atoms with Crippen LogP contribution in [0.5, 0.6) is 0 Å². The van der Waals surface area contributed by atoms with Crippen molar-refractivity contribution in [2.45, 2.75) is 19.9 Å². The van der Waals surface area contributed by atoms with Crippen LogP contribution in [0, 0.1) is 6.92 Å². The van der Waals surface area contributed by atoms with Gasteiger partial charge in [0.1, 0.15) is 0 Å². The third-order valence-corrected chi connectivity index (χ3v) is 3.69. The van der Waals surface area contributed by atoms with E-state index < -0.39 is 0 Å². The molecule has 0 bridgehead atoms. The Morgan fingerprint density at radius 3 is 2.76 bits per heavy atom. The summed E-state index contributed by atoms with van der Waals surface area (Å²) in [6, 6.07) is 9.48. The van der Waals surface area contributed by atoms with Gasteiger partial charge in [-0.25, -0.2) is 4.68 Å². The zero-order chi connectivity index (χ0) is 16.4. The number of nitrogens with zero attached hydrogens (tertiary/aromatic N) is 4. The number of amides is 1. The number of nitrogens with two attached hydrogens (primary N) is 1. The molecule has 0 saturated carbocycles. The summed E-state index contributed by atoms with van der Waals surface area (Å²) >= 11 is 0. The highest BCUT2D eigenvalue weighted by molar-refractivity contribution is 5.94. The molecular formula is C16H20Cl2N6O. The van der Waals surface area contributed by atoms with Crippen molar-refractivity contribution in [2.75, 3.05) is 6.54 Å². The standard InChI is InChI=1S/C16H18N6O.2ClH/c1-10(9-17)19-16(23)15-11(2)22(21-20-15)14-7-3-6-13-12(14)5-4-8-18-13;;/h3-8,10H,9,17H2,1-2H3,(H,19,23);2*1H/t10-;;/m0../s1. The molecule has 3 aromatic rings. The number of hydrogen-bond acceptors (Lipinski definition) is 5. The maximum atomic E-state index is 12.2. The van der Waals surface area contributed by atoms with Crippen molar-refractivity contribution < 1.29 is 4.79 Å². The molecule has 1 amide bonds. The van der Waals surface area contributed by atoms with Crippen molar-refractivity contribution in [2.24, 2.45) is 5.73 Å². The molecule has 0 spiro atoms. The minimum atomic E-state index is -0.273. The fourth-order valence-electron chi connectivity index (χ4n) is 2.39. The van der Waals surface area contributed by atoms with Crippen LogP contribution in [0.3, 0.4) is 0 Å². The molecule has 0 aliphatic heterocycles. The number of aromatic nitrogens is 4. The molecule has 2 aromatic heterocycles. The first kappa shape index (κ1) is 20.8. The van der Waals surface area contributed by atoms with E-state index in [1.807, 2.05) is 44.2 Å². The van der Waals surface area contributed by atoms with Crippen LogP contribution >= 0.6 is 24.8 Å². The van der Waals surface area contributed by atoms with Gasteiger partial charge in [-0.1, -0.05) is 11.3 Å². The Kier molecular flexibility index (Phi) is 7.29. The van der Waals surface area contributed by atoms with Crippen LogP contribution in [-0.4, -0.2) is 38.5 Å². The number of nitrogens with one attached hydrogen (secondary N) is 1. The van der Waals surface area contributed by atoms with E-state index in [0.29, 0.717) is 17.9 Å². The quantitative estimate of drug-likeness (QED) is 0.719. The second-order valence-corrected chi connectivity index (χ2v) is 5.39. The van der Waals surface area contributed by atoms with E-state index in [1.165, 1.54) is 0 Å². The third-order valence-electron chi connectivity index (χ3n) is 3.69. The van der Waals surface area contributed by atoms with E-state index in [4.69, 9.17) is 5.73 Å². The molecular weight excluding hydrogens is 363 g/mol. The fraction of sp³-hybridized carbons (Fsp3) is 0.250. The molecule has 1 aromatic carbocycles. The molecule has 1 atom stereocenters. The van der Waals surface area contributed by atoms with Crippen molar-refractivity contribution in [3.63, 3.8) is 0 Å². The maximum Gasteiger partial charge on any atom is 0.274 e. The maximum absolute atomic E-state index is 12.2. The van der Waals surface area contributed by atoms with Gasteiger partial charge in [0, 0.05) is 24.2 Å². The Morgan fingerprint density at radius 2 is 2.04 bits per heavy atom. The second kappa shape index (κ2) is 8.75. The zero-order valence-electron chi connectivity index (χ0n) is 13.8. The first-order valence-corrected chi connectivity index (χ1v) is 7.39. The normalized spacial score (nSPS) is 11.3. The molecule has 0 unspecified atom stereocenters. The van der Waals surface area contributed by atoms with E-state index in [2.05, 4.69) is 20.6 Å². The summed E-state index contributed by atoms with van der Waals surface area (Å²) in [7, 11) is 0. The summed E-state index contributed by atoms with van der Waals surface area (Å²) in [6.07, 6.45) is 1.74. The van der Waals surface area contributed by atoms with Crippen molar-refractivity contribution in [1.82, 2.24) is 25.3 Å². The minimum absolute atomic E-state index is 0. The predicted octanol–water partition coefficient (Wildman–Crippen LogP) is 2.04. The van der Waals surface area contributed by atoms with E-state index in [1.54, 1.807) is 10.9 Å². The van der Waals surface area contributed by atoms with Crippen LogP contribution in [0.4, 0.5) is 0 Å². The summed E-state index contributed by atoms with van der Waals surface area (Å²) in [6.45, 7) is 4.03. The lowest BCUT2D eigenvalue weighted by molar-refractivity contribution is 0.0935. The topological polar surface area (TPSA) is 98.7 Å². The Bertz CT molecular complexity index is 861. The van der Waals surface area contributed by atoms with Crippen LogP contribution in [0.25, 0.3) is 16.6 Å². The molecule has 2 heterocycles. The van der Waals surface area contributed by atoms with Gasteiger partial charge in [-0.15, -0.1) is 29.9 Å². The number of pyridine rings is 1. The molecule has 3 rings (SSSR count). The van der Waals surface area contributed by atoms with Gasteiger partial charge >= 0.3 is 0 Å². The SMILES string of the molecule is Cc1c(C(=O)N[C@@H](C)CN)nnn1-c1cccc2ncccc12.Cl.Cl. The Balaban J connectivity index is 0.00000156. The molecule has 25 heavy (non-hydrogen) atoms. The fourth-order valence-corrected chi connectivity index (χ4v) is 2.39. The van der Waals surface area contributed by atoms with Crippen LogP contribution in [0.15, 0.2) is 36.5 Å². The van der Waals surface area contributed by atoms with Crippen LogP contribution in [-0.2, 0) is 0 Å². The average molecular weight is 383 g/mol. The Hall–Kier alpha value is -2.22. The number of rotatable bonds is 4. The average Bonchev–Trinajstić information content (AvgIpc) is 2.95. The van der Waals surface area contributed by atoms with Gasteiger partial charge in [0.2, 0.25) is 0 Å². The van der Waals surface area contributed by atoms with Gasteiger partial charge in [0.05, 0.1) is 16.9 Å². The number of halogens is 2. The minimum Gasteiger partial charge on any atom is -0.347 e. The van der Waals surface area contributed by atoms with Gasteiger partial charge in [-0.05, 0) is 38.1 Å². The van der Waals surface area contributed by atoms with E-state index in [0.717, 1.165) is 16.6 Å². The van der Waals surface area contributed by atoms with E-state index in [-0.39, 0.29) is 36.8 Å². The number of carbonyl (C=O) groups is 1. The van der Waals surface area contributed by atoms with Crippen molar-refractivity contribution in [3.8, 4) is 5.69 Å². The predicted molar refractivity (Wildman–Crippen MR) is 102 cm³/mol. The zero-order valence-corrected chi connectivity index (χ0v) is 15.5. The van der Waals surface area contributed by atoms with Crippen molar-refractivity contribution in [3.05, 3.63) is 47.9 Å². The molecule has 3 N–H and O–H groups in total. The van der Waals surface area contributed by atoms with Crippen molar-refractivity contribution in [1.29, 1.82) is 0 Å². The van der Waals surface area contributed by atoms with Gasteiger partial charge in [-0.3, -0.25) is 9.78 Å². The van der Waals surface area contributed by atoms with Crippen LogP contribution < -0.4 is 11.1 Å². The highest BCUT2D eigenvalue weighted by atomic mass is 35.5. The number of carbonyl (C=O) groups excluding carboxylic acids is 1. The summed E-state index contributed by atoms with van der Waals surface area (Å²) in [5.74, 6) is -0.273. The smallest absolute Gasteiger partial charge is 0.274 e. The number of benzene rings is 1. The van der Waals surface area contributed by atoms with Gasteiger partial charge < -0.3 is 11.1 Å². The molecule has 0 aliphatic carbocycles. The lowest BCUT2D eigenvalue weighted by Crippen LogP contribution is -2.38. The van der Waals surface area contributed by atoms with Crippen LogP contribution in [0.2, 0.25) is 0 Å². The molecule has 0 saturated heterocycles. The molecule has 134 valence electrons. The molecule has 9 heteroatoms. The first-order valence-electron chi connectivity index (χ1n) is 7.39. The number of fused-ring (bicyclic) bond motifs is 1. The van der Waals surface area contributed by atoms with Crippen LogP contribution in [0.1, 0.15) is 23.1 Å². The monoisotopic (exact) mass is 382 g/mol. The lowest BCUT2D eigenvalue weighted by atomic mass is 10.2. The highest BCUT2D eigenvalue weighted by Gasteiger charge is 2.19.